The maximum atomic E-state index is 12.7. The predicted molar refractivity (Wildman–Crippen MR) is 217 cm³/mol. The van der Waals surface area contributed by atoms with E-state index in [1.165, 1.54) is 0 Å². The third kappa shape index (κ3) is 16.0. The van der Waals surface area contributed by atoms with E-state index in [1.54, 1.807) is 0 Å². The molecule has 6 N–H and O–H groups in total. The normalized spacial score (nSPS) is 12.4. The molecule has 0 aliphatic heterocycles. The Morgan fingerprint density at radius 1 is 0.389 bits per heavy atom. The van der Waals surface area contributed by atoms with Crippen LogP contribution < -0.4 is 199 Å². The number of nitrogens with zero attached hydrogens (tertiary/aromatic N) is 4. The van der Waals surface area contributed by atoms with E-state index in [0.717, 1.165) is 48.6 Å². The molecule has 0 radical (unpaired) electrons. The summed E-state index contributed by atoms with van der Waals surface area (Å²) in [5.41, 5.74) is 6.48. The molecule has 0 spiro atoms. The van der Waals surface area contributed by atoms with Gasteiger partial charge >= 0.3 is 177 Å². The summed E-state index contributed by atoms with van der Waals surface area (Å²) in [6, 6.07) is 8.61. The molecule has 0 heterocycles. The minimum atomic E-state index is -5.64. The zero-order valence-corrected chi connectivity index (χ0v) is 54.6. The molecule has 348 valence electrons. The van der Waals surface area contributed by atoms with Gasteiger partial charge in [0.05, 0.1) is 53.7 Å². The standard InChI is InChI=1S/C34H26N6O20S6.6Na/c35-33-27(65(55,56)57)13-25(63(49,50)51)29-19(7-9-21(41)31(29)33)39-37-17-5-3-15(23(11-17)61(43,44)45)1-2-16-4-6-18(12-24(16)62(46,47)48)38-40-20-8-10-22(42)32-30(20)26(64(52,53)54)14-28(34(32)36)66(58,59)60;;;;;;/h1-14,41-42H,35-36H2,(H,43,44,45)(H,46,47,48)(H,49,50,51)(H,52,53,54)(H,55,56,57)(H,58,59,60);;;;;;/q;6*+1/p-6/b2-1+,39-37?,40-38?;;;;;;. The summed E-state index contributed by atoms with van der Waals surface area (Å²) in [6.07, 6.45) is 1.73. The first-order chi connectivity index (χ1) is 30.2. The van der Waals surface area contributed by atoms with Crippen LogP contribution in [0.15, 0.2) is 123 Å². The molecule has 0 aromatic heterocycles. The van der Waals surface area contributed by atoms with Gasteiger partial charge in [-0.1, -0.05) is 47.9 Å². The minimum Gasteiger partial charge on any atom is -0.872 e. The number of nitrogen functional groups attached to an aromatic ring is 2. The minimum absolute atomic E-state index is 0. The predicted octanol–water partition coefficient (Wildman–Crippen LogP) is -15.6. The largest absolute Gasteiger partial charge is 1.00 e. The van der Waals surface area contributed by atoms with Gasteiger partial charge in [0.2, 0.25) is 0 Å². The van der Waals surface area contributed by atoms with Crippen molar-refractivity contribution >= 4 is 129 Å². The summed E-state index contributed by atoms with van der Waals surface area (Å²) in [5.74, 6) is -2.25. The zero-order valence-electron chi connectivity index (χ0n) is 37.7. The number of nitrogens with two attached hydrogens (primary N) is 2. The van der Waals surface area contributed by atoms with Crippen molar-refractivity contribution in [2.24, 2.45) is 20.5 Å². The van der Waals surface area contributed by atoms with Crippen molar-refractivity contribution in [2.75, 3.05) is 11.5 Å². The first kappa shape index (κ1) is 71.4. The van der Waals surface area contributed by atoms with Crippen molar-refractivity contribution in [1.82, 2.24) is 0 Å². The van der Waals surface area contributed by atoms with Crippen molar-refractivity contribution in [3.8, 4) is 11.5 Å². The Balaban J connectivity index is 0.00000840. The topological polar surface area (TPSA) is 485 Å². The van der Waals surface area contributed by atoms with E-state index in [4.69, 9.17) is 11.5 Å². The van der Waals surface area contributed by atoms with Crippen molar-refractivity contribution in [3.63, 3.8) is 0 Å². The van der Waals surface area contributed by atoms with E-state index in [2.05, 4.69) is 20.5 Å². The van der Waals surface area contributed by atoms with Crippen molar-refractivity contribution in [2.45, 2.75) is 29.4 Å². The van der Waals surface area contributed by atoms with E-state index < -0.39 is 168 Å². The van der Waals surface area contributed by atoms with Crippen LogP contribution in [0.25, 0.3) is 33.7 Å². The third-order valence-corrected chi connectivity index (χ3v) is 14.3. The Morgan fingerprint density at radius 2 is 0.681 bits per heavy atom. The van der Waals surface area contributed by atoms with Crippen LogP contribution in [0.5, 0.6) is 11.5 Å². The monoisotopic (exact) mass is 1160 g/mol. The van der Waals surface area contributed by atoms with E-state index in [0.29, 0.717) is 24.3 Å². The second-order valence-corrected chi connectivity index (χ2v) is 21.4. The molecule has 0 aliphatic rings. The Kier molecular flexibility index (Phi) is 26.2. The van der Waals surface area contributed by atoms with Gasteiger partial charge in [0.25, 0.3) is 20.2 Å². The fraction of sp³-hybridized carbons (Fsp3) is 0. The molecule has 0 atom stereocenters. The third-order valence-electron chi connectivity index (χ3n) is 8.99. The molecular formula is C34H20N6Na6O20S6. The van der Waals surface area contributed by atoms with E-state index in [9.17, 15) is 88.0 Å². The zero-order chi connectivity index (χ0) is 49.3. The average molecular weight is 1160 g/mol. The maximum absolute atomic E-state index is 12.7. The van der Waals surface area contributed by atoms with Crippen LogP contribution in [0.1, 0.15) is 11.1 Å². The van der Waals surface area contributed by atoms with Gasteiger partial charge in [-0.15, -0.1) is 10.2 Å². The van der Waals surface area contributed by atoms with Crippen LogP contribution in [0.2, 0.25) is 0 Å². The fourth-order valence-corrected chi connectivity index (χ4v) is 10.5. The van der Waals surface area contributed by atoms with E-state index in [-0.39, 0.29) is 189 Å². The van der Waals surface area contributed by atoms with Crippen LogP contribution in [0.3, 0.4) is 0 Å². The van der Waals surface area contributed by atoms with Gasteiger partial charge in [0.15, 0.2) is 0 Å². The van der Waals surface area contributed by atoms with Gasteiger partial charge in [-0.05, 0) is 59.7 Å². The molecule has 0 aliphatic carbocycles. The van der Waals surface area contributed by atoms with Gasteiger partial charge in [0.1, 0.15) is 50.3 Å². The molecule has 0 saturated heterocycles. The number of anilines is 2. The van der Waals surface area contributed by atoms with Gasteiger partial charge < -0.3 is 39.9 Å². The van der Waals surface area contributed by atoms with Crippen molar-refractivity contribution in [1.29, 1.82) is 0 Å². The summed E-state index contributed by atoms with van der Waals surface area (Å²) < 4.78 is 214. The molecule has 0 fully saturated rings. The smallest absolute Gasteiger partial charge is 0.872 e. The van der Waals surface area contributed by atoms with Gasteiger partial charge in [-0.3, -0.25) is 9.11 Å². The molecule has 26 nitrogen and oxygen atoms in total. The summed E-state index contributed by atoms with van der Waals surface area (Å²) in [6.45, 7) is 0. The van der Waals surface area contributed by atoms with Crippen LogP contribution >= 0.6 is 0 Å². The second-order valence-electron chi connectivity index (χ2n) is 13.2. The first-order valence-electron chi connectivity index (χ1n) is 16.9. The molecule has 6 aromatic carbocycles. The van der Waals surface area contributed by atoms with Crippen LogP contribution in [-0.2, 0) is 60.7 Å². The molecule has 38 heteroatoms. The number of benzene rings is 6. The molecule has 0 amide bonds. The van der Waals surface area contributed by atoms with Gasteiger partial charge in [-0.2, -0.15) is 27.1 Å². The van der Waals surface area contributed by atoms with Crippen LogP contribution in [0.4, 0.5) is 34.1 Å². The SMILES string of the molecule is Nc1c(S(=O)(=O)O)cc(S(=O)(=O)[O-])c2c(N=Nc3ccc(/C=C/c4ccc(N=Nc5ccc([O-])c6c(N)c(S(=O)(=O)O)cc(S(=O)(=O)[O-])c56)cc4S(=O)(=O)[O-])c(S(=O)(=O)[O-])c3)ccc([O-])c12.[Na+].[Na+].[Na+].[Na+].[Na+].[Na+]. The summed E-state index contributed by atoms with van der Waals surface area (Å²) in [5, 5.41) is 36.8. The summed E-state index contributed by atoms with van der Waals surface area (Å²) in [7, 11) is -32.8. The second kappa shape index (κ2) is 26.4. The maximum Gasteiger partial charge on any atom is 1.00 e. The Morgan fingerprint density at radius 3 is 0.944 bits per heavy atom. The van der Waals surface area contributed by atoms with E-state index in [1.807, 2.05) is 0 Å². The molecule has 0 saturated carbocycles. The summed E-state index contributed by atoms with van der Waals surface area (Å²) in [4.78, 5) is -7.42. The molecule has 0 bridgehead atoms. The first-order valence-corrected chi connectivity index (χ1v) is 25.4. The number of hydrogen-bond donors (Lipinski definition) is 4. The number of fused-ring (bicyclic) bond motifs is 2. The van der Waals surface area contributed by atoms with E-state index >= 15 is 0 Å². The Labute approximate surface area is 541 Å². The number of rotatable bonds is 12. The molecule has 6 aromatic rings. The van der Waals surface area contributed by atoms with Crippen molar-refractivity contribution in [3.05, 3.63) is 83.9 Å². The molecule has 72 heavy (non-hydrogen) atoms. The molecular weight excluding hydrogens is 1140 g/mol. The quantitative estimate of drug-likeness (QED) is 0.0291. The Bertz CT molecular complexity index is 3690. The van der Waals surface area contributed by atoms with Gasteiger partial charge in [-0.25, -0.2) is 33.7 Å². The molecule has 6 rings (SSSR count). The average Bonchev–Trinajstić information content (AvgIpc) is 3.17. The molecule has 0 unspecified atom stereocenters. The van der Waals surface area contributed by atoms with Gasteiger partial charge in [0, 0.05) is 21.5 Å². The van der Waals surface area contributed by atoms with Crippen LogP contribution in [-0.4, -0.2) is 77.8 Å². The van der Waals surface area contributed by atoms with Crippen LogP contribution in [0, 0.1) is 0 Å². The summed E-state index contributed by atoms with van der Waals surface area (Å²) >= 11 is 0. The Hall–Kier alpha value is -0.560. The fourth-order valence-electron chi connectivity index (χ4n) is 6.23. The number of hydrogen-bond acceptors (Lipinski definition) is 24. The number of azo groups is 2. The van der Waals surface area contributed by atoms with Crippen molar-refractivity contribution < 1.29 is 265 Å².